The van der Waals surface area contributed by atoms with Crippen molar-refractivity contribution in [2.24, 2.45) is 0 Å². The van der Waals surface area contributed by atoms with E-state index in [4.69, 9.17) is 16.3 Å². The van der Waals surface area contributed by atoms with Crippen molar-refractivity contribution in [1.82, 2.24) is 15.1 Å². The van der Waals surface area contributed by atoms with Crippen LogP contribution in [0.25, 0.3) is 5.70 Å². The Labute approximate surface area is 141 Å². The molecule has 120 valence electrons. The van der Waals surface area contributed by atoms with Crippen LogP contribution >= 0.6 is 11.6 Å². The molecule has 0 radical (unpaired) electrons. The van der Waals surface area contributed by atoms with E-state index < -0.39 is 0 Å². The number of hydrogen-bond donors (Lipinski definition) is 1. The van der Waals surface area contributed by atoms with Crippen LogP contribution in [0.1, 0.15) is 5.56 Å². The maximum atomic E-state index is 6.04. The molecule has 23 heavy (non-hydrogen) atoms. The van der Waals surface area contributed by atoms with Gasteiger partial charge >= 0.3 is 0 Å². The van der Waals surface area contributed by atoms with Gasteiger partial charge < -0.3 is 15.0 Å². The van der Waals surface area contributed by atoms with Crippen molar-refractivity contribution < 1.29 is 4.74 Å². The van der Waals surface area contributed by atoms with Gasteiger partial charge in [-0.15, -0.1) is 0 Å². The normalized spacial score (nSPS) is 24.0. The minimum absolute atomic E-state index is 0.196. The molecule has 0 saturated carbocycles. The molecule has 1 fully saturated rings. The average molecular weight is 330 g/mol. The minimum atomic E-state index is 0.196. The van der Waals surface area contributed by atoms with E-state index in [1.807, 2.05) is 12.1 Å². The van der Waals surface area contributed by atoms with Crippen LogP contribution in [0.15, 0.2) is 54.4 Å². The number of hydrogen-bond acceptors (Lipinski definition) is 4. The molecule has 3 aliphatic rings. The molecular weight excluding hydrogens is 310 g/mol. The van der Waals surface area contributed by atoms with E-state index in [0.29, 0.717) is 0 Å². The van der Waals surface area contributed by atoms with Gasteiger partial charge in [-0.25, -0.2) is 0 Å². The van der Waals surface area contributed by atoms with Gasteiger partial charge in [-0.2, -0.15) is 0 Å². The number of ether oxygens (including phenoxy) is 1. The van der Waals surface area contributed by atoms with Gasteiger partial charge in [-0.3, -0.25) is 4.90 Å². The van der Waals surface area contributed by atoms with E-state index in [0.717, 1.165) is 37.9 Å². The molecule has 4 nitrogen and oxygen atoms in total. The molecule has 1 saturated heterocycles. The van der Waals surface area contributed by atoms with Crippen molar-refractivity contribution in [2.45, 2.75) is 6.17 Å². The van der Waals surface area contributed by atoms with Crippen molar-refractivity contribution >= 4 is 17.3 Å². The molecule has 3 heterocycles. The van der Waals surface area contributed by atoms with E-state index in [1.165, 1.54) is 17.0 Å². The second-order valence-corrected chi connectivity index (χ2v) is 6.38. The summed E-state index contributed by atoms with van der Waals surface area (Å²) in [5.41, 5.74) is 3.67. The number of nitrogens with zero attached hydrogens (tertiary/aromatic N) is 2. The van der Waals surface area contributed by atoms with E-state index in [9.17, 15) is 0 Å². The van der Waals surface area contributed by atoms with Gasteiger partial charge in [0.1, 0.15) is 6.17 Å². The third-order valence-corrected chi connectivity index (χ3v) is 4.71. The summed E-state index contributed by atoms with van der Waals surface area (Å²) < 4.78 is 5.47. The van der Waals surface area contributed by atoms with Crippen molar-refractivity contribution in [2.75, 3.05) is 32.8 Å². The van der Waals surface area contributed by atoms with Crippen molar-refractivity contribution in [3.63, 3.8) is 0 Å². The highest BCUT2D eigenvalue weighted by atomic mass is 35.5. The summed E-state index contributed by atoms with van der Waals surface area (Å²) in [7, 11) is 0. The number of halogens is 1. The SMILES string of the molecule is Clc1ccc(C2=C(CN3CCOCC3)N3C=CC=CC3N2)cc1. The Bertz CT molecular complexity index is 659. The predicted octanol–water partition coefficient (Wildman–Crippen LogP) is 2.66. The molecule has 1 aromatic carbocycles. The van der Waals surface area contributed by atoms with E-state index >= 15 is 0 Å². The fraction of sp³-hybridized carbons (Fsp3) is 0.333. The molecule has 1 N–H and O–H groups in total. The van der Waals surface area contributed by atoms with Gasteiger partial charge in [0.05, 0.1) is 24.6 Å². The van der Waals surface area contributed by atoms with E-state index in [2.05, 4.69) is 51.7 Å². The van der Waals surface area contributed by atoms with Crippen molar-refractivity contribution in [3.05, 3.63) is 65.0 Å². The predicted molar refractivity (Wildman–Crippen MR) is 92.7 cm³/mol. The highest BCUT2D eigenvalue weighted by Crippen LogP contribution is 2.31. The molecule has 1 unspecified atom stereocenters. The summed E-state index contributed by atoms with van der Waals surface area (Å²) in [4.78, 5) is 4.77. The van der Waals surface area contributed by atoms with Crippen LogP contribution < -0.4 is 5.32 Å². The molecule has 0 spiro atoms. The summed E-state index contributed by atoms with van der Waals surface area (Å²) in [6.45, 7) is 4.51. The summed E-state index contributed by atoms with van der Waals surface area (Å²) >= 11 is 6.04. The highest BCUT2D eigenvalue weighted by Gasteiger charge is 2.31. The number of rotatable bonds is 3. The lowest BCUT2D eigenvalue weighted by Crippen LogP contribution is -2.40. The van der Waals surface area contributed by atoms with Crippen LogP contribution in [0.2, 0.25) is 5.02 Å². The number of nitrogens with one attached hydrogen (secondary N) is 1. The second-order valence-electron chi connectivity index (χ2n) is 5.94. The van der Waals surface area contributed by atoms with Crippen LogP contribution in [0.5, 0.6) is 0 Å². The van der Waals surface area contributed by atoms with E-state index in [1.54, 1.807) is 0 Å². The monoisotopic (exact) mass is 329 g/mol. The summed E-state index contributed by atoms with van der Waals surface area (Å²) in [6, 6.07) is 8.05. The fourth-order valence-corrected chi connectivity index (χ4v) is 3.36. The second kappa shape index (κ2) is 6.40. The van der Waals surface area contributed by atoms with Crippen molar-refractivity contribution in [1.29, 1.82) is 0 Å². The van der Waals surface area contributed by atoms with E-state index in [-0.39, 0.29) is 6.17 Å². The quantitative estimate of drug-likeness (QED) is 0.922. The molecule has 0 bridgehead atoms. The third-order valence-electron chi connectivity index (χ3n) is 4.45. The number of benzene rings is 1. The van der Waals surface area contributed by atoms with Gasteiger partial charge in [0, 0.05) is 30.9 Å². The molecule has 3 aliphatic heterocycles. The lowest BCUT2D eigenvalue weighted by molar-refractivity contribution is 0.0401. The Morgan fingerprint density at radius 2 is 1.91 bits per heavy atom. The van der Waals surface area contributed by atoms with Gasteiger partial charge in [0.15, 0.2) is 0 Å². The molecule has 1 aromatic rings. The van der Waals surface area contributed by atoms with Crippen LogP contribution in [0.4, 0.5) is 0 Å². The maximum absolute atomic E-state index is 6.04. The zero-order chi connectivity index (χ0) is 15.6. The molecule has 0 aromatic heterocycles. The third kappa shape index (κ3) is 3.02. The van der Waals surface area contributed by atoms with Gasteiger partial charge in [-0.1, -0.05) is 29.8 Å². The standard InChI is InChI=1S/C18H20ClN3O/c19-15-6-4-14(5-7-15)18-16(13-21-9-11-23-12-10-21)22-8-2-1-3-17(22)20-18/h1-8,17,20H,9-13H2. The number of fused-ring (bicyclic) bond motifs is 1. The molecular formula is C18H20ClN3O. The summed E-state index contributed by atoms with van der Waals surface area (Å²) in [5, 5.41) is 4.40. The first kappa shape index (κ1) is 14.8. The van der Waals surface area contributed by atoms with Gasteiger partial charge in [0.25, 0.3) is 0 Å². The number of allylic oxidation sites excluding steroid dienone is 2. The lowest BCUT2D eigenvalue weighted by atomic mass is 10.1. The Morgan fingerprint density at radius 3 is 2.70 bits per heavy atom. The Kier molecular flexibility index (Phi) is 4.12. The zero-order valence-electron chi connectivity index (χ0n) is 12.9. The summed E-state index contributed by atoms with van der Waals surface area (Å²) in [6.07, 6.45) is 8.70. The first-order valence-corrected chi connectivity index (χ1v) is 8.38. The molecule has 5 heteroatoms. The molecule has 0 amide bonds. The summed E-state index contributed by atoms with van der Waals surface area (Å²) in [5.74, 6) is 0. The minimum Gasteiger partial charge on any atom is -0.379 e. The molecule has 0 aliphatic carbocycles. The largest absolute Gasteiger partial charge is 0.379 e. The highest BCUT2D eigenvalue weighted by molar-refractivity contribution is 6.30. The smallest absolute Gasteiger partial charge is 0.123 e. The first-order chi connectivity index (χ1) is 11.3. The number of morpholine rings is 1. The van der Waals surface area contributed by atoms with Crippen LogP contribution in [-0.4, -0.2) is 48.8 Å². The Balaban J connectivity index is 1.67. The molecule has 1 atom stereocenters. The van der Waals surface area contributed by atoms with Gasteiger partial charge in [0.2, 0.25) is 0 Å². The lowest BCUT2D eigenvalue weighted by Gasteiger charge is -2.31. The Hall–Kier alpha value is -1.75. The Morgan fingerprint density at radius 1 is 1.13 bits per heavy atom. The van der Waals surface area contributed by atoms with Gasteiger partial charge in [-0.05, 0) is 29.8 Å². The zero-order valence-corrected chi connectivity index (χ0v) is 13.7. The topological polar surface area (TPSA) is 27.7 Å². The van der Waals surface area contributed by atoms with Crippen LogP contribution in [-0.2, 0) is 4.74 Å². The first-order valence-electron chi connectivity index (χ1n) is 8.00. The van der Waals surface area contributed by atoms with Crippen LogP contribution in [0.3, 0.4) is 0 Å². The van der Waals surface area contributed by atoms with Crippen LogP contribution in [0, 0.1) is 0 Å². The molecule has 4 rings (SSSR count). The fourth-order valence-electron chi connectivity index (χ4n) is 3.23. The maximum Gasteiger partial charge on any atom is 0.123 e. The van der Waals surface area contributed by atoms with Crippen molar-refractivity contribution in [3.8, 4) is 0 Å². The average Bonchev–Trinajstić information content (AvgIpc) is 2.95.